The molecule has 0 spiro atoms. The molecular weight excluding hydrogens is 375 g/mol. The van der Waals surface area contributed by atoms with E-state index < -0.39 is 24.1 Å². The summed E-state index contributed by atoms with van der Waals surface area (Å²) < 4.78 is 51.2. The number of amides is 1. The van der Waals surface area contributed by atoms with Gasteiger partial charge in [0.25, 0.3) is 0 Å². The number of carbonyl (C=O) groups is 1. The lowest BCUT2D eigenvalue weighted by molar-refractivity contribution is -0.267. The number of aliphatic hydroxyl groups is 1. The Bertz CT molecular complexity index is 826. The van der Waals surface area contributed by atoms with Gasteiger partial charge in [0.1, 0.15) is 13.2 Å². The summed E-state index contributed by atoms with van der Waals surface area (Å²) in [5.41, 5.74) is -2.77. The number of carbonyl (C=O) groups excluding carboxylic acids is 1. The van der Waals surface area contributed by atoms with Crippen molar-refractivity contribution in [2.45, 2.75) is 24.6 Å². The third-order valence-corrected chi connectivity index (χ3v) is 4.48. The van der Waals surface area contributed by atoms with Gasteiger partial charge in [-0.05, 0) is 29.7 Å². The number of benzene rings is 2. The first-order valence-corrected chi connectivity index (χ1v) is 8.79. The summed E-state index contributed by atoms with van der Waals surface area (Å²) in [6.45, 7) is 1.05. The molecule has 0 saturated carbocycles. The Morgan fingerprint density at radius 3 is 2.39 bits per heavy atom. The van der Waals surface area contributed by atoms with E-state index in [9.17, 15) is 23.1 Å². The van der Waals surface area contributed by atoms with Gasteiger partial charge in [-0.15, -0.1) is 0 Å². The molecule has 0 aromatic heterocycles. The topological polar surface area (TPSA) is 67.8 Å². The lowest BCUT2D eigenvalue weighted by Crippen LogP contribution is -2.46. The minimum Gasteiger partial charge on any atom is -0.486 e. The quantitative estimate of drug-likeness (QED) is 0.789. The number of alkyl halides is 3. The van der Waals surface area contributed by atoms with Crippen molar-refractivity contribution in [2.75, 3.05) is 19.8 Å². The fraction of sp³-hybridized carbons (Fsp3) is 0.350. The molecule has 2 N–H and O–H groups in total. The standard InChI is InChI=1S/C20H20F3NO4/c21-20(22,23)19(26,15-4-2-1-3-5-15)13-18(25)24-9-8-14-6-7-16-17(12-14)28-11-10-27-16/h1-7,12,26H,8-11,13H2,(H,24,25). The van der Waals surface area contributed by atoms with Gasteiger partial charge in [0.15, 0.2) is 17.1 Å². The SMILES string of the molecule is O=C(CC(O)(c1ccccc1)C(F)(F)F)NCCc1ccc2c(c1)OCCO2. The maximum absolute atomic E-state index is 13.4. The first-order chi connectivity index (χ1) is 13.3. The fourth-order valence-corrected chi connectivity index (χ4v) is 2.96. The molecule has 28 heavy (non-hydrogen) atoms. The predicted octanol–water partition coefficient (Wildman–Crippen LogP) is 2.96. The van der Waals surface area contributed by atoms with Crippen LogP contribution in [0.1, 0.15) is 17.5 Å². The maximum Gasteiger partial charge on any atom is 0.421 e. The molecule has 1 unspecified atom stereocenters. The van der Waals surface area contributed by atoms with E-state index in [1.54, 1.807) is 18.2 Å². The Morgan fingerprint density at radius 2 is 1.71 bits per heavy atom. The van der Waals surface area contributed by atoms with Crippen LogP contribution in [0.15, 0.2) is 48.5 Å². The Labute approximate surface area is 160 Å². The van der Waals surface area contributed by atoms with E-state index in [-0.39, 0.29) is 12.1 Å². The number of fused-ring (bicyclic) bond motifs is 1. The highest BCUT2D eigenvalue weighted by molar-refractivity contribution is 5.77. The monoisotopic (exact) mass is 395 g/mol. The average molecular weight is 395 g/mol. The van der Waals surface area contributed by atoms with Crippen LogP contribution in [0, 0.1) is 0 Å². The molecule has 1 atom stereocenters. The first kappa shape index (κ1) is 20.0. The van der Waals surface area contributed by atoms with Gasteiger partial charge in [0.05, 0.1) is 6.42 Å². The largest absolute Gasteiger partial charge is 0.486 e. The van der Waals surface area contributed by atoms with Crippen molar-refractivity contribution in [3.63, 3.8) is 0 Å². The van der Waals surface area contributed by atoms with Gasteiger partial charge >= 0.3 is 6.18 Å². The van der Waals surface area contributed by atoms with Crippen molar-refractivity contribution >= 4 is 5.91 Å². The van der Waals surface area contributed by atoms with E-state index in [2.05, 4.69) is 5.32 Å². The highest BCUT2D eigenvalue weighted by Crippen LogP contribution is 2.41. The number of nitrogens with one attached hydrogen (secondary N) is 1. The van der Waals surface area contributed by atoms with Crippen LogP contribution < -0.4 is 14.8 Å². The normalized spacial score (nSPS) is 15.6. The first-order valence-electron chi connectivity index (χ1n) is 8.79. The number of halogens is 3. The molecule has 0 bridgehead atoms. The molecule has 1 aliphatic heterocycles. The zero-order valence-electron chi connectivity index (χ0n) is 15.0. The van der Waals surface area contributed by atoms with Crippen LogP contribution in [0.4, 0.5) is 13.2 Å². The molecule has 8 heteroatoms. The van der Waals surface area contributed by atoms with E-state index in [4.69, 9.17) is 9.47 Å². The van der Waals surface area contributed by atoms with Crippen LogP contribution in [0.5, 0.6) is 11.5 Å². The summed E-state index contributed by atoms with van der Waals surface area (Å²) in [5, 5.41) is 12.7. The van der Waals surface area contributed by atoms with Gasteiger partial charge < -0.3 is 19.9 Å². The van der Waals surface area contributed by atoms with Gasteiger partial charge in [0.2, 0.25) is 5.91 Å². The van der Waals surface area contributed by atoms with E-state index in [0.29, 0.717) is 31.1 Å². The highest BCUT2D eigenvalue weighted by atomic mass is 19.4. The van der Waals surface area contributed by atoms with Crippen LogP contribution in [0.2, 0.25) is 0 Å². The fourth-order valence-electron chi connectivity index (χ4n) is 2.96. The van der Waals surface area contributed by atoms with E-state index in [0.717, 1.165) is 17.7 Å². The van der Waals surface area contributed by atoms with Crippen LogP contribution in [0.25, 0.3) is 0 Å². The molecule has 1 amide bonds. The molecule has 150 valence electrons. The van der Waals surface area contributed by atoms with Crippen molar-refractivity contribution in [3.05, 3.63) is 59.7 Å². The smallest absolute Gasteiger partial charge is 0.421 e. The molecule has 3 rings (SSSR count). The number of rotatable bonds is 6. The predicted molar refractivity (Wildman–Crippen MR) is 95.2 cm³/mol. The van der Waals surface area contributed by atoms with Crippen LogP contribution >= 0.6 is 0 Å². The van der Waals surface area contributed by atoms with Crippen molar-refractivity contribution in [1.29, 1.82) is 0 Å². The van der Waals surface area contributed by atoms with Crippen molar-refractivity contribution in [2.24, 2.45) is 0 Å². The zero-order chi connectivity index (χ0) is 20.2. The van der Waals surface area contributed by atoms with Crippen LogP contribution in [-0.4, -0.2) is 36.9 Å². The maximum atomic E-state index is 13.4. The zero-order valence-corrected chi connectivity index (χ0v) is 15.0. The summed E-state index contributed by atoms with van der Waals surface area (Å²) in [6.07, 6.45) is -5.69. The van der Waals surface area contributed by atoms with Crippen molar-refractivity contribution < 1.29 is 32.5 Å². The van der Waals surface area contributed by atoms with Gasteiger partial charge in [-0.3, -0.25) is 4.79 Å². The average Bonchev–Trinajstić information content (AvgIpc) is 2.67. The van der Waals surface area contributed by atoms with E-state index in [1.807, 2.05) is 0 Å². The van der Waals surface area contributed by atoms with Crippen molar-refractivity contribution in [1.82, 2.24) is 5.32 Å². The summed E-state index contributed by atoms with van der Waals surface area (Å²) in [4.78, 5) is 12.1. The molecule has 2 aromatic carbocycles. The van der Waals surface area contributed by atoms with Gasteiger partial charge in [-0.1, -0.05) is 36.4 Å². The summed E-state index contributed by atoms with van der Waals surface area (Å²) >= 11 is 0. The van der Waals surface area contributed by atoms with Gasteiger partial charge in [0, 0.05) is 6.54 Å². The Morgan fingerprint density at radius 1 is 1.04 bits per heavy atom. The third kappa shape index (κ3) is 4.39. The van der Waals surface area contributed by atoms with Gasteiger partial charge in [-0.2, -0.15) is 13.2 Å². The molecule has 0 radical (unpaired) electrons. The molecule has 2 aromatic rings. The lowest BCUT2D eigenvalue weighted by Gasteiger charge is -2.30. The molecule has 0 fully saturated rings. The Kier molecular flexibility index (Phi) is 5.79. The number of hydrogen-bond acceptors (Lipinski definition) is 4. The summed E-state index contributed by atoms with van der Waals surface area (Å²) in [6, 6.07) is 11.9. The highest BCUT2D eigenvalue weighted by Gasteiger charge is 2.55. The minimum atomic E-state index is -4.98. The van der Waals surface area contributed by atoms with E-state index >= 15 is 0 Å². The Balaban J connectivity index is 1.60. The molecule has 1 heterocycles. The van der Waals surface area contributed by atoms with E-state index in [1.165, 1.54) is 18.2 Å². The molecular formula is C20H20F3NO4. The number of hydrogen-bond donors (Lipinski definition) is 2. The summed E-state index contributed by atoms with van der Waals surface area (Å²) in [7, 11) is 0. The second-order valence-electron chi connectivity index (χ2n) is 6.48. The lowest BCUT2D eigenvalue weighted by atomic mass is 9.89. The molecule has 1 aliphatic rings. The second-order valence-corrected chi connectivity index (χ2v) is 6.48. The third-order valence-electron chi connectivity index (χ3n) is 4.48. The summed E-state index contributed by atoms with van der Waals surface area (Å²) in [5.74, 6) is 0.351. The van der Waals surface area contributed by atoms with Crippen LogP contribution in [0.3, 0.4) is 0 Å². The minimum absolute atomic E-state index is 0.126. The Hall–Kier alpha value is -2.74. The van der Waals surface area contributed by atoms with Crippen molar-refractivity contribution in [3.8, 4) is 11.5 Å². The molecule has 0 saturated heterocycles. The number of ether oxygens (including phenoxy) is 2. The van der Waals surface area contributed by atoms with Gasteiger partial charge in [-0.25, -0.2) is 0 Å². The molecule has 5 nitrogen and oxygen atoms in total. The van der Waals surface area contributed by atoms with Crippen LogP contribution in [-0.2, 0) is 16.8 Å². The second kappa shape index (κ2) is 8.10. The molecule has 0 aliphatic carbocycles.